The zero-order valence-corrected chi connectivity index (χ0v) is 16.0. The second kappa shape index (κ2) is 7.80. The Hall–Kier alpha value is -3.21. The van der Waals surface area contributed by atoms with Gasteiger partial charge in [0, 0.05) is 16.8 Å². The van der Waals surface area contributed by atoms with Crippen molar-refractivity contribution < 1.29 is 9.13 Å². The third-order valence-corrected chi connectivity index (χ3v) is 5.16. The number of rotatable bonds is 6. The number of methoxy groups -OCH3 is 1. The number of aromatic nitrogens is 3. The Kier molecular flexibility index (Phi) is 5.06. The van der Waals surface area contributed by atoms with E-state index < -0.39 is 0 Å². The molecule has 5 heteroatoms. The van der Waals surface area contributed by atoms with Gasteiger partial charge in [-0.1, -0.05) is 37.3 Å². The van der Waals surface area contributed by atoms with Crippen molar-refractivity contribution in [3.8, 4) is 16.9 Å². The molecule has 28 heavy (non-hydrogen) atoms. The van der Waals surface area contributed by atoms with Crippen molar-refractivity contribution >= 4 is 5.65 Å². The lowest BCUT2D eigenvalue weighted by molar-refractivity contribution is 0.404. The van der Waals surface area contributed by atoms with Crippen LogP contribution in [0.25, 0.3) is 16.8 Å². The Morgan fingerprint density at radius 2 is 1.82 bits per heavy atom. The van der Waals surface area contributed by atoms with Crippen molar-refractivity contribution in [1.29, 1.82) is 0 Å². The second-order valence-electron chi connectivity index (χ2n) is 6.69. The highest BCUT2D eigenvalue weighted by Crippen LogP contribution is 2.29. The zero-order chi connectivity index (χ0) is 19.5. The molecule has 0 saturated carbocycles. The molecule has 2 heterocycles. The summed E-state index contributed by atoms with van der Waals surface area (Å²) in [4.78, 5) is 0. The molecule has 0 fully saturated rings. The number of hydrogen-bond acceptors (Lipinski definition) is 3. The number of ether oxygens (including phenoxy) is 1. The Morgan fingerprint density at radius 3 is 2.64 bits per heavy atom. The first-order chi connectivity index (χ1) is 13.7. The van der Waals surface area contributed by atoms with Gasteiger partial charge in [0.05, 0.1) is 7.11 Å². The van der Waals surface area contributed by atoms with E-state index in [4.69, 9.17) is 4.74 Å². The molecule has 0 unspecified atom stereocenters. The lowest BCUT2D eigenvalue weighted by atomic mass is 9.98. The van der Waals surface area contributed by atoms with Crippen LogP contribution in [0.4, 0.5) is 4.39 Å². The molecule has 0 radical (unpaired) electrons. The third-order valence-electron chi connectivity index (χ3n) is 5.16. The minimum absolute atomic E-state index is 0.243. The molecule has 4 aromatic rings. The molecule has 2 aromatic heterocycles. The molecule has 0 atom stereocenters. The van der Waals surface area contributed by atoms with Crippen molar-refractivity contribution in [1.82, 2.24) is 14.6 Å². The van der Waals surface area contributed by atoms with Gasteiger partial charge in [-0.25, -0.2) is 4.39 Å². The van der Waals surface area contributed by atoms with Crippen molar-refractivity contribution in [2.45, 2.75) is 26.2 Å². The fourth-order valence-electron chi connectivity index (χ4n) is 3.69. The van der Waals surface area contributed by atoms with Crippen LogP contribution in [0.3, 0.4) is 0 Å². The monoisotopic (exact) mass is 375 g/mol. The van der Waals surface area contributed by atoms with E-state index in [1.54, 1.807) is 25.6 Å². The van der Waals surface area contributed by atoms with Crippen molar-refractivity contribution in [3.63, 3.8) is 0 Å². The Morgan fingerprint density at radius 1 is 0.964 bits per heavy atom. The van der Waals surface area contributed by atoms with Crippen LogP contribution in [0.1, 0.15) is 23.7 Å². The van der Waals surface area contributed by atoms with Crippen LogP contribution in [-0.4, -0.2) is 21.7 Å². The Labute approximate surface area is 163 Å². The van der Waals surface area contributed by atoms with E-state index in [0.29, 0.717) is 24.2 Å². The summed E-state index contributed by atoms with van der Waals surface area (Å²) in [7, 11) is 1.57. The molecule has 0 aliphatic carbocycles. The van der Waals surface area contributed by atoms with Crippen LogP contribution in [0.2, 0.25) is 0 Å². The number of hydrogen-bond donors (Lipinski definition) is 0. The second-order valence-corrected chi connectivity index (χ2v) is 6.69. The number of halogens is 1. The SMILES string of the molecule is CCc1ccccc1-c1ccc(CCc2c(F)cccc2OC)n2cnnc12. The molecular weight excluding hydrogens is 353 g/mol. The van der Waals surface area contributed by atoms with Crippen molar-refractivity contribution in [2.24, 2.45) is 0 Å². The first-order valence-corrected chi connectivity index (χ1v) is 9.44. The minimum atomic E-state index is -0.243. The summed E-state index contributed by atoms with van der Waals surface area (Å²) in [6.07, 6.45) is 3.86. The van der Waals surface area contributed by atoms with Crippen molar-refractivity contribution in [2.75, 3.05) is 7.11 Å². The van der Waals surface area contributed by atoms with Crippen LogP contribution < -0.4 is 4.74 Å². The maximum Gasteiger partial charge on any atom is 0.168 e. The fraction of sp³-hybridized carbons (Fsp3) is 0.217. The highest BCUT2D eigenvalue weighted by molar-refractivity contribution is 5.79. The summed E-state index contributed by atoms with van der Waals surface area (Å²) in [6, 6.07) is 17.4. The smallest absolute Gasteiger partial charge is 0.168 e. The summed E-state index contributed by atoms with van der Waals surface area (Å²) in [5.41, 5.74) is 5.94. The summed E-state index contributed by atoms with van der Waals surface area (Å²) < 4.78 is 21.6. The van der Waals surface area contributed by atoms with E-state index in [1.807, 2.05) is 10.5 Å². The summed E-state index contributed by atoms with van der Waals surface area (Å²) >= 11 is 0. The predicted octanol–water partition coefficient (Wildman–Crippen LogP) is 4.89. The summed E-state index contributed by atoms with van der Waals surface area (Å²) in [5.74, 6) is 0.335. The molecule has 4 nitrogen and oxygen atoms in total. The highest BCUT2D eigenvalue weighted by Gasteiger charge is 2.14. The van der Waals surface area contributed by atoms with Crippen LogP contribution in [0, 0.1) is 5.82 Å². The summed E-state index contributed by atoms with van der Waals surface area (Å²) in [6.45, 7) is 2.15. The van der Waals surface area contributed by atoms with Gasteiger partial charge in [-0.2, -0.15) is 0 Å². The number of fused-ring (bicyclic) bond motifs is 1. The first-order valence-electron chi connectivity index (χ1n) is 9.44. The molecule has 0 aliphatic rings. The molecule has 4 rings (SSSR count). The third kappa shape index (κ3) is 3.24. The van der Waals surface area contributed by atoms with Gasteiger partial charge in [0.15, 0.2) is 5.65 Å². The van der Waals surface area contributed by atoms with Crippen LogP contribution in [0.5, 0.6) is 5.75 Å². The molecule has 142 valence electrons. The molecular formula is C23H22FN3O. The quantitative estimate of drug-likeness (QED) is 0.482. The van der Waals surface area contributed by atoms with Crippen LogP contribution >= 0.6 is 0 Å². The summed E-state index contributed by atoms with van der Waals surface area (Å²) in [5, 5.41) is 8.48. The molecule has 0 amide bonds. The topological polar surface area (TPSA) is 39.4 Å². The van der Waals surface area contributed by atoms with E-state index in [0.717, 1.165) is 23.3 Å². The normalized spacial score (nSPS) is 11.1. The Bertz CT molecular complexity index is 1120. The van der Waals surface area contributed by atoms with Crippen LogP contribution in [0.15, 0.2) is 60.9 Å². The zero-order valence-electron chi connectivity index (χ0n) is 16.0. The highest BCUT2D eigenvalue weighted by atomic mass is 19.1. The average Bonchev–Trinajstić information content (AvgIpc) is 3.22. The van der Waals surface area contributed by atoms with E-state index in [2.05, 4.69) is 47.5 Å². The van der Waals surface area contributed by atoms with Gasteiger partial charge in [-0.05, 0) is 54.7 Å². The number of aryl methyl sites for hydroxylation is 2. The molecule has 0 spiro atoms. The van der Waals surface area contributed by atoms with Gasteiger partial charge in [0.25, 0.3) is 0 Å². The lowest BCUT2D eigenvalue weighted by Gasteiger charge is -2.13. The average molecular weight is 375 g/mol. The minimum Gasteiger partial charge on any atom is -0.496 e. The number of nitrogens with zero attached hydrogens (tertiary/aromatic N) is 3. The lowest BCUT2D eigenvalue weighted by Crippen LogP contribution is -2.03. The van der Waals surface area contributed by atoms with Gasteiger partial charge in [-0.15, -0.1) is 10.2 Å². The maximum atomic E-state index is 14.3. The van der Waals surface area contributed by atoms with Gasteiger partial charge in [-0.3, -0.25) is 4.40 Å². The first kappa shape index (κ1) is 18.2. The van der Waals surface area contributed by atoms with E-state index in [-0.39, 0.29) is 5.82 Å². The fourth-order valence-corrected chi connectivity index (χ4v) is 3.69. The maximum absolute atomic E-state index is 14.3. The van der Waals surface area contributed by atoms with Crippen LogP contribution in [-0.2, 0) is 19.3 Å². The predicted molar refractivity (Wildman–Crippen MR) is 108 cm³/mol. The molecule has 0 saturated heterocycles. The molecule has 2 aromatic carbocycles. The van der Waals surface area contributed by atoms with E-state index in [1.165, 1.54) is 17.2 Å². The molecule has 0 N–H and O–H groups in total. The standard InChI is InChI=1S/C23H22FN3O/c1-3-16-7-4-5-8-18(16)19-13-11-17(27-15-25-26-23(19)27)12-14-20-21(24)9-6-10-22(20)28-2/h4-11,13,15H,3,12,14H2,1-2H3. The number of benzene rings is 2. The molecule has 0 aliphatic heterocycles. The Balaban J connectivity index is 1.71. The van der Waals surface area contributed by atoms with Gasteiger partial charge in [0.2, 0.25) is 0 Å². The van der Waals surface area contributed by atoms with E-state index >= 15 is 0 Å². The van der Waals surface area contributed by atoms with Crippen molar-refractivity contribution in [3.05, 3.63) is 83.6 Å². The molecule has 0 bridgehead atoms. The van der Waals surface area contributed by atoms with Gasteiger partial charge >= 0.3 is 0 Å². The van der Waals surface area contributed by atoms with E-state index in [9.17, 15) is 4.39 Å². The number of pyridine rings is 1. The van der Waals surface area contributed by atoms with Gasteiger partial charge in [0.1, 0.15) is 17.9 Å². The largest absolute Gasteiger partial charge is 0.496 e. The van der Waals surface area contributed by atoms with Gasteiger partial charge < -0.3 is 4.74 Å².